The number of nitrogen functional groups attached to an aromatic ring is 1. The van der Waals surface area contributed by atoms with Gasteiger partial charge in [-0.3, -0.25) is 4.79 Å². The average molecular weight is 277 g/mol. The molecule has 5 nitrogen and oxygen atoms in total. The van der Waals surface area contributed by atoms with E-state index in [-0.39, 0.29) is 17.7 Å². The third kappa shape index (κ3) is 3.75. The maximum atomic E-state index is 11.8. The Morgan fingerprint density at radius 2 is 2.37 bits per heavy atom. The lowest BCUT2D eigenvalue weighted by Crippen LogP contribution is -2.27. The van der Waals surface area contributed by atoms with Crippen LogP contribution < -0.4 is 11.1 Å². The first-order valence-corrected chi connectivity index (χ1v) is 6.81. The van der Waals surface area contributed by atoms with Crippen LogP contribution in [0.5, 0.6) is 0 Å². The Labute approximate surface area is 115 Å². The van der Waals surface area contributed by atoms with E-state index in [1.54, 1.807) is 30.7 Å². The summed E-state index contributed by atoms with van der Waals surface area (Å²) in [5.41, 5.74) is 6.34. The summed E-state index contributed by atoms with van der Waals surface area (Å²) in [6, 6.07) is 7.00. The second-order valence-electron chi connectivity index (χ2n) is 3.99. The monoisotopic (exact) mass is 277 g/mol. The molecular weight excluding hydrogens is 262 g/mol. The van der Waals surface area contributed by atoms with Crippen LogP contribution in [-0.2, 0) is 4.79 Å². The van der Waals surface area contributed by atoms with Gasteiger partial charge < -0.3 is 15.5 Å². The first-order chi connectivity index (χ1) is 9.16. The molecule has 3 N–H and O–H groups in total. The van der Waals surface area contributed by atoms with Crippen LogP contribution >= 0.6 is 11.8 Å². The highest BCUT2D eigenvalue weighted by molar-refractivity contribution is 8.00. The molecule has 100 valence electrons. The lowest BCUT2D eigenvalue weighted by Gasteiger charge is -2.11. The predicted molar refractivity (Wildman–Crippen MR) is 74.6 cm³/mol. The molecule has 1 atom stereocenters. The number of amides is 1. The van der Waals surface area contributed by atoms with E-state index in [1.165, 1.54) is 11.8 Å². The number of rotatable bonds is 5. The summed E-state index contributed by atoms with van der Waals surface area (Å²) < 4.78 is 5.22. The molecule has 0 aromatic carbocycles. The molecule has 6 heteroatoms. The molecule has 0 bridgehead atoms. The maximum absolute atomic E-state index is 11.8. The molecule has 2 rings (SSSR count). The van der Waals surface area contributed by atoms with Crippen LogP contribution in [0.2, 0.25) is 0 Å². The fourth-order valence-corrected chi connectivity index (χ4v) is 2.27. The molecule has 0 fully saturated rings. The van der Waals surface area contributed by atoms with Crippen molar-refractivity contribution in [3.05, 3.63) is 42.5 Å². The number of hydrogen-bond acceptors (Lipinski definition) is 5. The first-order valence-electron chi connectivity index (χ1n) is 5.83. The lowest BCUT2D eigenvalue weighted by molar-refractivity contribution is -0.119. The van der Waals surface area contributed by atoms with Crippen molar-refractivity contribution in [3.8, 4) is 0 Å². The topological polar surface area (TPSA) is 81.2 Å². The summed E-state index contributed by atoms with van der Waals surface area (Å²) in [7, 11) is 0. The van der Waals surface area contributed by atoms with Gasteiger partial charge in [0, 0.05) is 6.20 Å². The molecule has 0 saturated carbocycles. The van der Waals surface area contributed by atoms with E-state index in [4.69, 9.17) is 10.2 Å². The standard InChI is InChI=1S/C13H15N3O2S/c1-9(11-5-3-7-18-11)16-12(17)8-19-13-10(14)4-2-6-15-13/h2-7,9H,8,14H2,1H3,(H,16,17). The van der Waals surface area contributed by atoms with Crippen molar-refractivity contribution in [2.75, 3.05) is 11.5 Å². The highest BCUT2D eigenvalue weighted by Gasteiger charge is 2.12. The van der Waals surface area contributed by atoms with E-state index in [9.17, 15) is 4.79 Å². The number of aromatic nitrogens is 1. The van der Waals surface area contributed by atoms with Gasteiger partial charge in [-0.15, -0.1) is 0 Å². The van der Waals surface area contributed by atoms with Crippen LogP contribution in [0, 0.1) is 0 Å². The number of anilines is 1. The lowest BCUT2D eigenvalue weighted by atomic mass is 10.2. The van der Waals surface area contributed by atoms with Crippen LogP contribution in [0.15, 0.2) is 46.2 Å². The second kappa shape index (κ2) is 6.29. The van der Waals surface area contributed by atoms with E-state index in [0.717, 1.165) is 5.76 Å². The molecule has 0 spiro atoms. The number of nitrogens with two attached hydrogens (primary N) is 1. The molecule has 1 amide bonds. The number of thioether (sulfide) groups is 1. The quantitative estimate of drug-likeness (QED) is 0.819. The minimum atomic E-state index is -0.149. The Morgan fingerprint density at radius 3 is 3.05 bits per heavy atom. The third-order valence-corrected chi connectivity index (χ3v) is 3.51. The van der Waals surface area contributed by atoms with Crippen molar-refractivity contribution in [3.63, 3.8) is 0 Å². The number of furan rings is 1. The SMILES string of the molecule is CC(NC(=O)CSc1ncccc1N)c1ccco1. The molecule has 2 heterocycles. The van der Waals surface area contributed by atoms with E-state index < -0.39 is 0 Å². The smallest absolute Gasteiger partial charge is 0.231 e. The summed E-state index contributed by atoms with van der Waals surface area (Å²) >= 11 is 1.32. The number of nitrogens with zero attached hydrogens (tertiary/aromatic N) is 1. The van der Waals surface area contributed by atoms with Gasteiger partial charge in [0.2, 0.25) is 5.91 Å². The molecule has 2 aromatic heterocycles. The first kappa shape index (κ1) is 13.5. The third-order valence-electron chi connectivity index (χ3n) is 2.49. The maximum Gasteiger partial charge on any atom is 0.231 e. The molecule has 0 saturated heterocycles. The summed E-state index contributed by atoms with van der Waals surface area (Å²) in [5.74, 6) is 0.918. The normalized spacial score (nSPS) is 12.1. The highest BCUT2D eigenvalue weighted by Crippen LogP contribution is 2.21. The summed E-state index contributed by atoms with van der Waals surface area (Å²) in [6.45, 7) is 1.87. The van der Waals surface area contributed by atoms with Gasteiger partial charge in [0.25, 0.3) is 0 Å². The largest absolute Gasteiger partial charge is 0.467 e. The van der Waals surface area contributed by atoms with Crippen molar-refractivity contribution >= 4 is 23.4 Å². The van der Waals surface area contributed by atoms with E-state index in [1.807, 2.05) is 13.0 Å². The van der Waals surface area contributed by atoms with Gasteiger partial charge in [-0.1, -0.05) is 11.8 Å². The molecule has 1 unspecified atom stereocenters. The van der Waals surface area contributed by atoms with E-state index in [2.05, 4.69) is 10.3 Å². The zero-order chi connectivity index (χ0) is 13.7. The van der Waals surface area contributed by atoms with E-state index >= 15 is 0 Å². The second-order valence-corrected chi connectivity index (χ2v) is 4.96. The fourth-order valence-electron chi connectivity index (χ4n) is 1.55. The van der Waals surface area contributed by atoms with Gasteiger partial charge >= 0.3 is 0 Å². The van der Waals surface area contributed by atoms with Gasteiger partial charge in [-0.05, 0) is 31.2 Å². The van der Waals surface area contributed by atoms with Gasteiger partial charge in [0.05, 0.1) is 23.7 Å². The predicted octanol–water partition coefficient (Wildman–Crippen LogP) is 2.23. The van der Waals surface area contributed by atoms with Crippen LogP contribution in [-0.4, -0.2) is 16.6 Å². The van der Waals surface area contributed by atoms with Gasteiger partial charge in [0.15, 0.2) is 0 Å². The Kier molecular flexibility index (Phi) is 4.46. The van der Waals surface area contributed by atoms with Crippen molar-refractivity contribution in [1.29, 1.82) is 0 Å². The number of hydrogen-bond donors (Lipinski definition) is 2. The number of pyridine rings is 1. The summed E-state index contributed by atoms with van der Waals surface area (Å²) in [5, 5.41) is 3.52. The number of nitrogens with one attached hydrogen (secondary N) is 1. The number of carbonyl (C=O) groups excluding carboxylic acids is 1. The summed E-state index contributed by atoms with van der Waals surface area (Å²) in [6.07, 6.45) is 3.24. The molecule has 0 aliphatic carbocycles. The summed E-state index contributed by atoms with van der Waals surface area (Å²) in [4.78, 5) is 15.9. The molecule has 19 heavy (non-hydrogen) atoms. The van der Waals surface area contributed by atoms with Gasteiger partial charge in [0.1, 0.15) is 10.8 Å². The molecular formula is C13H15N3O2S. The Hall–Kier alpha value is -1.95. The Bertz CT molecular complexity index is 543. The number of carbonyl (C=O) groups is 1. The van der Waals surface area contributed by atoms with Crippen LogP contribution in [0.3, 0.4) is 0 Å². The zero-order valence-corrected chi connectivity index (χ0v) is 11.3. The Balaban J connectivity index is 1.84. The van der Waals surface area contributed by atoms with Gasteiger partial charge in [-0.2, -0.15) is 0 Å². The van der Waals surface area contributed by atoms with Crippen molar-refractivity contribution in [2.45, 2.75) is 18.0 Å². The molecule has 0 radical (unpaired) electrons. The van der Waals surface area contributed by atoms with Crippen molar-refractivity contribution in [1.82, 2.24) is 10.3 Å². The minimum Gasteiger partial charge on any atom is -0.467 e. The van der Waals surface area contributed by atoms with Crippen molar-refractivity contribution < 1.29 is 9.21 Å². The highest BCUT2D eigenvalue weighted by atomic mass is 32.2. The average Bonchev–Trinajstić information content (AvgIpc) is 2.91. The van der Waals surface area contributed by atoms with Crippen LogP contribution in [0.25, 0.3) is 0 Å². The van der Waals surface area contributed by atoms with Crippen molar-refractivity contribution in [2.24, 2.45) is 0 Å². The molecule has 0 aliphatic rings. The van der Waals surface area contributed by atoms with E-state index in [0.29, 0.717) is 10.7 Å². The van der Waals surface area contributed by atoms with Crippen LogP contribution in [0.1, 0.15) is 18.7 Å². The zero-order valence-electron chi connectivity index (χ0n) is 10.5. The van der Waals surface area contributed by atoms with Gasteiger partial charge in [-0.25, -0.2) is 4.98 Å². The Morgan fingerprint density at radius 1 is 1.53 bits per heavy atom. The van der Waals surface area contributed by atoms with Crippen LogP contribution in [0.4, 0.5) is 5.69 Å². The molecule has 0 aliphatic heterocycles. The minimum absolute atomic E-state index is 0.0843. The fraction of sp³-hybridized carbons (Fsp3) is 0.231. The molecule has 2 aromatic rings.